The zero-order valence-electron chi connectivity index (χ0n) is 13.6. The van der Waals surface area contributed by atoms with Crippen molar-refractivity contribution in [3.63, 3.8) is 0 Å². The van der Waals surface area contributed by atoms with Gasteiger partial charge in [0.05, 0.1) is 0 Å². The predicted octanol–water partition coefficient (Wildman–Crippen LogP) is 2.89. The Labute approximate surface area is 155 Å². The average Bonchev–Trinajstić information content (AvgIpc) is 3.06. The smallest absolute Gasteiger partial charge is 0.257 e. The summed E-state index contributed by atoms with van der Waals surface area (Å²) in [6.07, 6.45) is 0. The number of hydrogen-bond acceptors (Lipinski definition) is 4. The summed E-state index contributed by atoms with van der Waals surface area (Å²) in [7, 11) is 0. The molecule has 5 nitrogen and oxygen atoms in total. The van der Waals surface area contributed by atoms with Gasteiger partial charge in [-0.1, -0.05) is 41.4 Å². The Bertz CT molecular complexity index is 780. The molecule has 7 heteroatoms. The first-order valence-corrected chi connectivity index (χ1v) is 9.21. The second-order valence-corrected chi connectivity index (χ2v) is 7.39. The molecule has 3 N–H and O–H groups in total. The van der Waals surface area contributed by atoms with Gasteiger partial charge in [0.2, 0.25) is 0 Å². The van der Waals surface area contributed by atoms with Gasteiger partial charge in [-0.2, -0.15) is 0 Å². The van der Waals surface area contributed by atoms with Crippen LogP contribution in [0.2, 0.25) is 5.02 Å². The second-order valence-electron chi connectivity index (χ2n) is 5.84. The average molecular weight is 376 g/mol. The number of nitrogens with two attached hydrogens (primary N) is 1. The monoisotopic (exact) mass is 375 g/mol. The van der Waals surface area contributed by atoms with Crippen LogP contribution in [0.3, 0.4) is 0 Å². The van der Waals surface area contributed by atoms with Crippen LogP contribution in [0.25, 0.3) is 0 Å². The van der Waals surface area contributed by atoms with E-state index in [1.165, 1.54) is 11.8 Å². The molecule has 0 bridgehead atoms. The van der Waals surface area contributed by atoms with Gasteiger partial charge >= 0.3 is 0 Å². The molecule has 0 spiro atoms. The molecule has 0 unspecified atom stereocenters. The topological polar surface area (TPSA) is 75.4 Å². The number of carbonyl (C=O) groups excluding carboxylic acids is 2. The molecule has 0 aliphatic carbocycles. The van der Waals surface area contributed by atoms with Gasteiger partial charge < -0.3 is 4.90 Å². The number of hydrazine groups is 1. The first-order valence-electron chi connectivity index (χ1n) is 7.78. The summed E-state index contributed by atoms with van der Waals surface area (Å²) in [6, 6.07) is 14.0. The van der Waals surface area contributed by atoms with E-state index in [9.17, 15) is 9.59 Å². The predicted molar refractivity (Wildman–Crippen MR) is 100 cm³/mol. The molecule has 1 heterocycles. The first kappa shape index (κ1) is 17.8. The zero-order chi connectivity index (χ0) is 18.0. The van der Waals surface area contributed by atoms with Gasteiger partial charge in [0, 0.05) is 16.3 Å². The van der Waals surface area contributed by atoms with Crippen LogP contribution in [0.5, 0.6) is 0 Å². The van der Waals surface area contributed by atoms with E-state index >= 15 is 0 Å². The van der Waals surface area contributed by atoms with Crippen LogP contribution in [-0.2, 0) is 4.79 Å². The second kappa shape index (κ2) is 7.47. The minimum Gasteiger partial charge on any atom is -0.310 e. The Morgan fingerprint density at radius 2 is 1.80 bits per heavy atom. The molecular formula is C18H18ClN3O2S. The van der Waals surface area contributed by atoms with E-state index in [0.717, 1.165) is 11.1 Å². The van der Waals surface area contributed by atoms with Crippen LogP contribution >= 0.6 is 23.4 Å². The minimum absolute atomic E-state index is 0.196. The van der Waals surface area contributed by atoms with Crippen LogP contribution in [-0.4, -0.2) is 28.5 Å². The van der Waals surface area contributed by atoms with Crippen LogP contribution in [0, 0.1) is 6.92 Å². The Hall–Kier alpha value is -2.02. The van der Waals surface area contributed by atoms with Crippen molar-refractivity contribution in [1.29, 1.82) is 0 Å². The van der Waals surface area contributed by atoms with E-state index in [-0.39, 0.29) is 17.2 Å². The SMILES string of the molecule is Cc1ccc(C(=O)N2[C@@H](c3ccc(Cl)cc3)SC[C@H]2C(=O)NN)cc1. The number of benzene rings is 2. The molecule has 1 aliphatic rings. The lowest BCUT2D eigenvalue weighted by Crippen LogP contribution is -2.49. The molecule has 0 aromatic heterocycles. The standard InChI is InChI=1S/C18H18ClN3O2S/c1-11-2-4-12(5-3-11)17(24)22-15(16(23)21-20)10-25-18(22)13-6-8-14(19)9-7-13/h2-9,15,18H,10,20H2,1H3,(H,21,23)/t15-,18+/m0/s1. The normalized spacial score (nSPS) is 19.7. The summed E-state index contributed by atoms with van der Waals surface area (Å²) in [5, 5.41) is 0.354. The Balaban J connectivity index is 1.97. The largest absolute Gasteiger partial charge is 0.310 e. The van der Waals surface area contributed by atoms with Crippen molar-refractivity contribution in [2.24, 2.45) is 5.84 Å². The van der Waals surface area contributed by atoms with Gasteiger partial charge in [0.25, 0.3) is 11.8 Å². The van der Waals surface area contributed by atoms with Crippen LogP contribution < -0.4 is 11.3 Å². The third-order valence-corrected chi connectivity index (χ3v) is 5.71. The minimum atomic E-state index is -0.621. The van der Waals surface area contributed by atoms with Gasteiger partial charge in [0.1, 0.15) is 11.4 Å². The molecule has 1 aliphatic heterocycles. The third-order valence-electron chi connectivity index (χ3n) is 4.13. The Morgan fingerprint density at radius 3 is 2.40 bits per heavy atom. The Kier molecular flexibility index (Phi) is 5.32. The lowest BCUT2D eigenvalue weighted by molar-refractivity contribution is -0.124. The quantitative estimate of drug-likeness (QED) is 0.491. The van der Waals surface area contributed by atoms with E-state index in [1.807, 2.05) is 31.2 Å². The molecule has 1 fully saturated rings. The molecule has 2 amide bonds. The summed E-state index contributed by atoms with van der Waals surface area (Å²) in [6.45, 7) is 1.96. The van der Waals surface area contributed by atoms with E-state index < -0.39 is 6.04 Å². The Morgan fingerprint density at radius 1 is 1.16 bits per heavy atom. The number of thioether (sulfide) groups is 1. The lowest BCUT2D eigenvalue weighted by Gasteiger charge is -2.29. The molecule has 1 saturated heterocycles. The molecule has 2 aromatic rings. The number of aryl methyl sites for hydroxylation is 1. The summed E-state index contributed by atoms with van der Waals surface area (Å²) in [5.74, 6) is 5.23. The van der Waals surface area contributed by atoms with Crippen molar-refractivity contribution in [2.45, 2.75) is 18.3 Å². The molecule has 0 saturated carbocycles. The number of rotatable bonds is 3. The first-order chi connectivity index (χ1) is 12.0. The molecular weight excluding hydrogens is 358 g/mol. The number of halogens is 1. The lowest BCUT2D eigenvalue weighted by atomic mass is 10.1. The highest BCUT2D eigenvalue weighted by atomic mass is 35.5. The van der Waals surface area contributed by atoms with E-state index in [2.05, 4.69) is 5.43 Å². The van der Waals surface area contributed by atoms with Crippen molar-refractivity contribution in [2.75, 3.05) is 5.75 Å². The maximum atomic E-state index is 13.1. The fourth-order valence-electron chi connectivity index (χ4n) is 2.78. The van der Waals surface area contributed by atoms with Crippen LogP contribution in [0.15, 0.2) is 48.5 Å². The van der Waals surface area contributed by atoms with Crippen molar-refractivity contribution in [3.05, 3.63) is 70.2 Å². The van der Waals surface area contributed by atoms with Gasteiger partial charge in [-0.3, -0.25) is 15.0 Å². The highest BCUT2D eigenvalue weighted by molar-refractivity contribution is 7.99. The van der Waals surface area contributed by atoms with Crippen molar-refractivity contribution < 1.29 is 9.59 Å². The number of nitrogens with zero attached hydrogens (tertiary/aromatic N) is 1. The fraction of sp³-hybridized carbons (Fsp3) is 0.222. The van der Waals surface area contributed by atoms with E-state index in [4.69, 9.17) is 17.4 Å². The highest BCUT2D eigenvalue weighted by Crippen LogP contribution is 2.42. The molecule has 25 heavy (non-hydrogen) atoms. The zero-order valence-corrected chi connectivity index (χ0v) is 15.2. The maximum absolute atomic E-state index is 13.1. The van der Waals surface area contributed by atoms with Crippen molar-refractivity contribution >= 4 is 35.2 Å². The summed E-state index contributed by atoms with van der Waals surface area (Å²) in [4.78, 5) is 26.9. The summed E-state index contributed by atoms with van der Waals surface area (Å²) < 4.78 is 0. The van der Waals surface area contributed by atoms with E-state index in [1.54, 1.807) is 29.2 Å². The summed E-state index contributed by atoms with van der Waals surface area (Å²) in [5.41, 5.74) is 4.70. The summed E-state index contributed by atoms with van der Waals surface area (Å²) >= 11 is 7.49. The number of nitrogens with one attached hydrogen (secondary N) is 1. The van der Waals surface area contributed by atoms with Gasteiger partial charge in [-0.15, -0.1) is 11.8 Å². The highest BCUT2D eigenvalue weighted by Gasteiger charge is 2.42. The van der Waals surface area contributed by atoms with Gasteiger partial charge in [-0.25, -0.2) is 5.84 Å². The molecule has 2 aromatic carbocycles. The van der Waals surface area contributed by atoms with Gasteiger partial charge in [0.15, 0.2) is 0 Å². The molecule has 130 valence electrons. The molecule has 3 rings (SSSR count). The van der Waals surface area contributed by atoms with Crippen LogP contribution in [0.1, 0.15) is 26.9 Å². The number of hydrogen-bond donors (Lipinski definition) is 2. The fourth-order valence-corrected chi connectivity index (χ4v) is 4.34. The van der Waals surface area contributed by atoms with Crippen LogP contribution in [0.4, 0.5) is 0 Å². The number of amides is 2. The number of carbonyl (C=O) groups is 2. The van der Waals surface area contributed by atoms with Gasteiger partial charge in [-0.05, 0) is 36.8 Å². The van der Waals surface area contributed by atoms with E-state index in [0.29, 0.717) is 16.3 Å². The molecule has 2 atom stereocenters. The third kappa shape index (κ3) is 3.66. The van der Waals surface area contributed by atoms with Crippen molar-refractivity contribution in [1.82, 2.24) is 10.3 Å². The van der Waals surface area contributed by atoms with Crippen molar-refractivity contribution in [3.8, 4) is 0 Å². The molecule has 0 radical (unpaired) electrons. The maximum Gasteiger partial charge on any atom is 0.257 e.